The van der Waals surface area contributed by atoms with Crippen molar-refractivity contribution >= 4 is 11.9 Å². The Morgan fingerprint density at radius 1 is 1.08 bits per heavy atom. The molecule has 0 saturated heterocycles. The normalized spacial score (nSPS) is 25.2. The van der Waals surface area contributed by atoms with Gasteiger partial charge in [-0.2, -0.15) is 13.2 Å². The second kappa shape index (κ2) is 6.35. The maximum absolute atomic E-state index is 12.6. The molecule has 4 nitrogen and oxygen atoms in total. The Hall–Kier alpha value is -2.05. The van der Waals surface area contributed by atoms with E-state index in [0.717, 1.165) is 31.4 Å². The number of carboxylic acid groups (broad SMARTS) is 1. The van der Waals surface area contributed by atoms with Gasteiger partial charge in [0.2, 0.25) is 5.91 Å². The van der Waals surface area contributed by atoms with Crippen molar-refractivity contribution in [3.05, 3.63) is 35.4 Å². The molecule has 0 heterocycles. The summed E-state index contributed by atoms with van der Waals surface area (Å²) in [7, 11) is 0. The molecule has 0 aromatic heterocycles. The largest absolute Gasteiger partial charge is 0.480 e. The minimum atomic E-state index is -4.38. The SMILES string of the molecule is O=C(NC1(C(=O)O)CCCCC1)[C@@H]1C[C@H]1c1ccc(C(F)(F)F)cc1. The van der Waals surface area contributed by atoms with Crippen LogP contribution in [0.3, 0.4) is 0 Å². The van der Waals surface area contributed by atoms with Crippen molar-refractivity contribution in [1.29, 1.82) is 0 Å². The van der Waals surface area contributed by atoms with Gasteiger partial charge in [0.25, 0.3) is 0 Å². The smallest absolute Gasteiger partial charge is 0.416 e. The molecule has 2 saturated carbocycles. The Kier molecular flexibility index (Phi) is 4.51. The zero-order valence-corrected chi connectivity index (χ0v) is 13.6. The molecule has 1 amide bonds. The van der Waals surface area contributed by atoms with E-state index < -0.39 is 23.2 Å². The number of carbonyl (C=O) groups excluding carboxylic acids is 1. The zero-order chi connectivity index (χ0) is 18.2. The lowest BCUT2D eigenvalue weighted by Gasteiger charge is -2.34. The molecular formula is C18H20F3NO3. The van der Waals surface area contributed by atoms with E-state index in [1.165, 1.54) is 12.1 Å². The molecule has 1 aromatic rings. The van der Waals surface area contributed by atoms with Gasteiger partial charge in [-0.3, -0.25) is 4.79 Å². The van der Waals surface area contributed by atoms with Crippen molar-refractivity contribution in [2.75, 3.05) is 0 Å². The molecule has 0 spiro atoms. The third-order valence-electron chi connectivity index (χ3n) is 5.27. The van der Waals surface area contributed by atoms with Crippen LogP contribution >= 0.6 is 0 Å². The number of nitrogens with one attached hydrogen (secondary N) is 1. The third kappa shape index (κ3) is 3.65. The third-order valence-corrected chi connectivity index (χ3v) is 5.27. The van der Waals surface area contributed by atoms with Crippen molar-refractivity contribution in [2.45, 2.75) is 56.2 Å². The lowest BCUT2D eigenvalue weighted by Crippen LogP contribution is -2.56. The van der Waals surface area contributed by atoms with Crippen LogP contribution in [0.5, 0.6) is 0 Å². The zero-order valence-electron chi connectivity index (χ0n) is 13.6. The fourth-order valence-corrected chi connectivity index (χ4v) is 3.65. The van der Waals surface area contributed by atoms with Crippen LogP contribution in [0.1, 0.15) is 55.6 Å². The van der Waals surface area contributed by atoms with Crippen LogP contribution in [0.4, 0.5) is 13.2 Å². The molecule has 2 N–H and O–H groups in total. The molecule has 3 rings (SSSR count). The molecule has 136 valence electrons. The molecule has 0 radical (unpaired) electrons. The van der Waals surface area contributed by atoms with Gasteiger partial charge in [-0.05, 0) is 42.9 Å². The minimum absolute atomic E-state index is 0.142. The average molecular weight is 355 g/mol. The van der Waals surface area contributed by atoms with Gasteiger partial charge in [0.15, 0.2) is 0 Å². The Bertz CT molecular complexity index is 663. The number of carboxylic acids is 1. The number of halogens is 3. The molecule has 2 atom stereocenters. The Balaban J connectivity index is 1.64. The van der Waals surface area contributed by atoms with Crippen LogP contribution in [0, 0.1) is 5.92 Å². The summed E-state index contributed by atoms with van der Waals surface area (Å²) in [5.74, 6) is -1.83. The number of amides is 1. The highest BCUT2D eigenvalue weighted by molar-refractivity contribution is 5.90. The molecular weight excluding hydrogens is 335 g/mol. The van der Waals surface area contributed by atoms with Crippen LogP contribution in [-0.2, 0) is 15.8 Å². The summed E-state index contributed by atoms with van der Waals surface area (Å²) < 4.78 is 37.8. The monoisotopic (exact) mass is 355 g/mol. The molecule has 0 aliphatic heterocycles. The number of carbonyl (C=O) groups is 2. The van der Waals surface area contributed by atoms with Crippen LogP contribution in [0.15, 0.2) is 24.3 Å². The predicted molar refractivity (Wildman–Crippen MR) is 83.9 cm³/mol. The molecule has 0 unspecified atom stereocenters. The maximum atomic E-state index is 12.6. The molecule has 25 heavy (non-hydrogen) atoms. The number of aliphatic carboxylic acids is 1. The Morgan fingerprint density at radius 2 is 1.68 bits per heavy atom. The van der Waals surface area contributed by atoms with E-state index in [9.17, 15) is 27.9 Å². The summed E-state index contributed by atoms with van der Waals surface area (Å²) in [4.78, 5) is 24.1. The van der Waals surface area contributed by atoms with Crippen molar-refractivity contribution in [3.8, 4) is 0 Å². The van der Waals surface area contributed by atoms with Crippen LogP contribution in [0.2, 0.25) is 0 Å². The van der Waals surface area contributed by atoms with Crippen molar-refractivity contribution in [2.24, 2.45) is 5.92 Å². The van der Waals surface area contributed by atoms with Gasteiger partial charge in [-0.1, -0.05) is 31.4 Å². The number of hydrogen-bond acceptors (Lipinski definition) is 2. The van der Waals surface area contributed by atoms with E-state index >= 15 is 0 Å². The number of rotatable bonds is 4. The highest BCUT2D eigenvalue weighted by Crippen LogP contribution is 2.48. The number of benzene rings is 1. The van der Waals surface area contributed by atoms with Crippen molar-refractivity contribution < 1.29 is 27.9 Å². The van der Waals surface area contributed by atoms with E-state index in [2.05, 4.69) is 5.32 Å². The fourth-order valence-electron chi connectivity index (χ4n) is 3.65. The van der Waals surface area contributed by atoms with Gasteiger partial charge in [-0.15, -0.1) is 0 Å². The summed E-state index contributed by atoms with van der Waals surface area (Å²) in [5.41, 5.74) is -1.23. The first-order valence-electron chi connectivity index (χ1n) is 8.45. The van der Waals surface area contributed by atoms with Gasteiger partial charge in [0.05, 0.1) is 5.56 Å². The summed E-state index contributed by atoms with van der Waals surface area (Å²) in [6.45, 7) is 0. The Labute approximate surface area is 143 Å². The topological polar surface area (TPSA) is 66.4 Å². The first-order chi connectivity index (χ1) is 11.7. The summed E-state index contributed by atoms with van der Waals surface area (Å²) >= 11 is 0. The van der Waals surface area contributed by atoms with E-state index in [0.29, 0.717) is 24.8 Å². The summed E-state index contributed by atoms with van der Waals surface area (Å²) in [6.07, 6.45) is -0.514. The molecule has 7 heteroatoms. The first kappa shape index (κ1) is 17.8. The molecule has 2 aliphatic rings. The molecule has 2 aliphatic carbocycles. The standard InChI is InChI=1S/C18H20F3NO3/c19-18(20,21)12-6-4-11(5-7-12)13-10-14(13)15(23)22-17(16(24)25)8-2-1-3-9-17/h4-7,13-14H,1-3,8-10H2,(H,22,23)(H,24,25)/t13-,14+/m0/s1. The first-order valence-corrected chi connectivity index (χ1v) is 8.45. The number of alkyl halides is 3. The van der Waals surface area contributed by atoms with Crippen molar-refractivity contribution in [1.82, 2.24) is 5.32 Å². The minimum Gasteiger partial charge on any atom is -0.480 e. The summed E-state index contributed by atoms with van der Waals surface area (Å²) in [6, 6.07) is 4.83. The predicted octanol–water partition coefficient (Wildman–Crippen LogP) is 3.71. The molecule has 2 fully saturated rings. The quantitative estimate of drug-likeness (QED) is 0.865. The molecule has 0 bridgehead atoms. The van der Waals surface area contributed by atoms with Crippen LogP contribution in [0.25, 0.3) is 0 Å². The lowest BCUT2D eigenvalue weighted by molar-refractivity contribution is -0.149. The lowest BCUT2D eigenvalue weighted by atomic mass is 9.81. The van der Waals surface area contributed by atoms with E-state index in [1.807, 2.05) is 0 Å². The maximum Gasteiger partial charge on any atom is 0.416 e. The van der Waals surface area contributed by atoms with E-state index in [4.69, 9.17) is 0 Å². The van der Waals surface area contributed by atoms with Crippen molar-refractivity contribution in [3.63, 3.8) is 0 Å². The fraction of sp³-hybridized carbons (Fsp3) is 0.556. The highest BCUT2D eigenvalue weighted by atomic mass is 19.4. The van der Waals surface area contributed by atoms with Gasteiger partial charge in [0, 0.05) is 5.92 Å². The van der Waals surface area contributed by atoms with Gasteiger partial charge in [0.1, 0.15) is 5.54 Å². The number of hydrogen-bond donors (Lipinski definition) is 2. The second-order valence-corrected chi connectivity index (χ2v) is 7.01. The van der Waals surface area contributed by atoms with Crippen LogP contribution in [-0.4, -0.2) is 22.5 Å². The van der Waals surface area contributed by atoms with Crippen LogP contribution < -0.4 is 5.32 Å². The molecule has 1 aromatic carbocycles. The highest BCUT2D eigenvalue weighted by Gasteiger charge is 2.48. The van der Waals surface area contributed by atoms with Gasteiger partial charge >= 0.3 is 12.1 Å². The summed E-state index contributed by atoms with van der Waals surface area (Å²) in [5, 5.41) is 12.2. The van der Waals surface area contributed by atoms with Gasteiger partial charge in [-0.25, -0.2) is 4.79 Å². The van der Waals surface area contributed by atoms with Gasteiger partial charge < -0.3 is 10.4 Å². The van der Waals surface area contributed by atoms with E-state index in [-0.39, 0.29) is 17.7 Å². The average Bonchev–Trinajstić information content (AvgIpc) is 3.36. The van der Waals surface area contributed by atoms with E-state index in [1.54, 1.807) is 0 Å². The Morgan fingerprint density at radius 3 is 2.20 bits per heavy atom. The second-order valence-electron chi connectivity index (χ2n) is 7.01.